The number of fused-ring (bicyclic) bond motifs is 5. The van der Waals surface area contributed by atoms with Gasteiger partial charge in [-0.2, -0.15) is 0 Å². The molecule has 0 aliphatic heterocycles. The number of hydrogen-bond acceptors (Lipinski definition) is 3. The monoisotopic (exact) mass is 356 g/mol. The van der Waals surface area contributed by atoms with Gasteiger partial charge in [0, 0.05) is 0 Å². The zero-order valence-electron chi connectivity index (χ0n) is 16.1. The molecule has 0 bridgehead atoms. The first kappa shape index (κ1) is 18.2. The minimum absolute atomic E-state index is 0.0985. The van der Waals surface area contributed by atoms with Crippen LogP contribution in [0, 0.1) is 34.5 Å². The second-order valence-electron chi connectivity index (χ2n) is 9.68. The number of carbonyl (C=O) groups is 1. The third-order valence-electron chi connectivity index (χ3n) is 8.56. The maximum atomic E-state index is 12.5. The van der Waals surface area contributed by atoms with Gasteiger partial charge in [-0.25, -0.2) is 0 Å². The third kappa shape index (κ3) is 2.23. The van der Waals surface area contributed by atoms with Crippen LogP contribution in [-0.4, -0.2) is 28.7 Å². The van der Waals surface area contributed by atoms with E-state index in [0.717, 1.165) is 49.7 Å². The van der Waals surface area contributed by atoms with Crippen molar-refractivity contribution < 1.29 is 15.0 Å². The minimum Gasteiger partial charge on any atom is -0.393 e. The summed E-state index contributed by atoms with van der Waals surface area (Å²) < 4.78 is 0. The molecule has 3 nitrogen and oxygen atoms in total. The molecule has 142 valence electrons. The van der Waals surface area contributed by atoms with Crippen molar-refractivity contribution in [1.29, 1.82) is 0 Å². The van der Waals surface area contributed by atoms with Crippen molar-refractivity contribution in [1.82, 2.24) is 0 Å². The summed E-state index contributed by atoms with van der Waals surface area (Å²) in [6.45, 7) is 12.8. The predicted molar refractivity (Wildman–Crippen MR) is 102 cm³/mol. The summed E-state index contributed by atoms with van der Waals surface area (Å²) in [5, 5.41) is 19.6. The van der Waals surface area contributed by atoms with E-state index in [0.29, 0.717) is 11.8 Å². The Kier molecular flexibility index (Phi) is 4.13. The number of carbonyl (C=O) groups excluding carboxylic acids is 1. The maximum Gasteiger partial charge on any atom is 0.166 e. The lowest BCUT2D eigenvalue weighted by atomic mass is 9.47. The van der Waals surface area contributed by atoms with Gasteiger partial charge >= 0.3 is 0 Å². The Balaban J connectivity index is 1.74. The molecule has 2 N–H and O–H groups in total. The summed E-state index contributed by atoms with van der Waals surface area (Å²) >= 11 is 0. The highest BCUT2D eigenvalue weighted by Crippen LogP contribution is 2.68. The fourth-order valence-electron chi connectivity index (χ4n) is 7.30. The molecular formula is C23H32O3. The first-order valence-electron chi connectivity index (χ1n) is 10.1. The van der Waals surface area contributed by atoms with E-state index in [1.54, 1.807) is 0 Å². The van der Waals surface area contributed by atoms with Crippen molar-refractivity contribution in [2.45, 2.75) is 58.5 Å². The molecule has 0 aromatic heterocycles. The molecule has 0 saturated heterocycles. The van der Waals surface area contributed by atoms with Crippen molar-refractivity contribution in [3.05, 3.63) is 36.0 Å². The van der Waals surface area contributed by atoms with E-state index in [2.05, 4.69) is 33.1 Å². The average Bonchev–Trinajstić information content (AvgIpc) is 2.81. The first-order valence-corrected chi connectivity index (χ1v) is 10.1. The molecule has 1 unspecified atom stereocenters. The van der Waals surface area contributed by atoms with Crippen LogP contribution in [0.25, 0.3) is 0 Å². The summed E-state index contributed by atoms with van der Waals surface area (Å²) in [5.41, 5.74) is 3.36. The minimum atomic E-state index is -0.410. The molecule has 7 atom stereocenters. The molecule has 3 fully saturated rings. The molecule has 4 aliphatic carbocycles. The normalized spacial score (nSPS) is 47.7. The summed E-state index contributed by atoms with van der Waals surface area (Å²) in [6, 6.07) is 0. The van der Waals surface area contributed by atoms with Crippen molar-refractivity contribution in [3.63, 3.8) is 0 Å². The molecular weight excluding hydrogens is 324 g/mol. The first-order chi connectivity index (χ1) is 12.2. The number of Topliss-reactive ketones (excluding diaryl/α,β-unsaturated/α-hetero) is 1. The molecule has 4 rings (SSSR count). The van der Waals surface area contributed by atoms with E-state index in [9.17, 15) is 15.0 Å². The van der Waals surface area contributed by atoms with Crippen LogP contribution in [0.15, 0.2) is 36.0 Å². The molecule has 3 heteroatoms. The number of ketones is 1. The Morgan fingerprint density at radius 2 is 1.96 bits per heavy atom. The van der Waals surface area contributed by atoms with Crippen LogP contribution in [-0.2, 0) is 4.79 Å². The van der Waals surface area contributed by atoms with E-state index in [-0.39, 0.29) is 34.6 Å². The molecule has 0 amide bonds. The summed E-state index contributed by atoms with van der Waals surface area (Å²) in [6.07, 6.45) is 8.06. The molecule has 0 aromatic rings. The van der Waals surface area contributed by atoms with Crippen molar-refractivity contribution in [2.24, 2.45) is 34.5 Å². The van der Waals surface area contributed by atoms with Gasteiger partial charge in [0.1, 0.15) is 6.61 Å². The van der Waals surface area contributed by atoms with Gasteiger partial charge < -0.3 is 10.2 Å². The van der Waals surface area contributed by atoms with Gasteiger partial charge in [0.2, 0.25) is 0 Å². The van der Waals surface area contributed by atoms with Gasteiger partial charge in [-0.15, -0.1) is 0 Å². The van der Waals surface area contributed by atoms with Crippen LogP contribution in [0.2, 0.25) is 0 Å². The average molecular weight is 357 g/mol. The molecule has 3 saturated carbocycles. The molecule has 26 heavy (non-hydrogen) atoms. The fraction of sp³-hybridized carbons (Fsp3) is 0.696. The van der Waals surface area contributed by atoms with E-state index in [1.807, 2.05) is 0 Å². The number of aliphatic hydroxyl groups excluding tert-OH is 2. The Hall–Kier alpha value is -1.19. The lowest BCUT2D eigenvalue weighted by Gasteiger charge is -2.57. The Labute approximate surface area is 156 Å². The molecule has 0 heterocycles. The lowest BCUT2D eigenvalue weighted by molar-refractivity contribution is -0.130. The molecule has 0 spiro atoms. The number of rotatable bonds is 2. The van der Waals surface area contributed by atoms with Gasteiger partial charge in [0.15, 0.2) is 5.78 Å². The smallest absolute Gasteiger partial charge is 0.166 e. The summed E-state index contributed by atoms with van der Waals surface area (Å²) in [4.78, 5) is 12.5. The van der Waals surface area contributed by atoms with Gasteiger partial charge in [-0.3, -0.25) is 4.79 Å². The zero-order chi connectivity index (χ0) is 18.9. The largest absolute Gasteiger partial charge is 0.393 e. The van der Waals surface area contributed by atoms with Gasteiger partial charge in [-0.05, 0) is 78.3 Å². The van der Waals surface area contributed by atoms with Gasteiger partial charge in [-0.1, -0.05) is 38.7 Å². The number of aliphatic hydroxyl groups is 2. The highest BCUT2D eigenvalue weighted by Gasteiger charge is 2.62. The van der Waals surface area contributed by atoms with Crippen molar-refractivity contribution in [3.8, 4) is 0 Å². The Bertz CT molecular complexity index is 704. The summed E-state index contributed by atoms with van der Waals surface area (Å²) in [7, 11) is 0. The van der Waals surface area contributed by atoms with Crippen LogP contribution < -0.4 is 0 Å². The van der Waals surface area contributed by atoms with Crippen LogP contribution in [0.4, 0.5) is 0 Å². The fourth-order valence-corrected chi connectivity index (χ4v) is 7.30. The number of allylic oxidation sites excluding steroid dienone is 3. The van der Waals surface area contributed by atoms with Gasteiger partial charge in [0.05, 0.1) is 12.0 Å². The molecule has 0 aromatic carbocycles. The maximum absolute atomic E-state index is 12.5. The van der Waals surface area contributed by atoms with E-state index < -0.39 is 6.61 Å². The van der Waals surface area contributed by atoms with Crippen molar-refractivity contribution >= 4 is 5.78 Å². The number of hydrogen-bond donors (Lipinski definition) is 2. The van der Waals surface area contributed by atoms with E-state index in [1.165, 1.54) is 5.57 Å². The van der Waals surface area contributed by atoms with E-state index >= 15 is 0 Å². The van der Waals surface area contributed by atoms with Crippen LogP contribution >= 0.6 is 0 Å². The van der Waals surface area contributed by atoms with Gasteiger partial charge in [0.25, 0.3) is 0 Å². The van der Waals surface area contributed by atoms with Crippen LogP contribution in [0.5, 0.6) is 0 Å². The topological polar surface area (TPSA) is 57.5 Å². The Morgan fingerprint density at radius 3 is 2.65 bits per heavy atom. The Morgan fingerprint density at radius 1 is 1.23 bits per heavy atom. The molecule has 4 aliphatic rings. The quantitative estimate of drug-likeness (QED) is 0.740. The highest BCUT2D eigenvalue weighted by molar-refractivity contribution is 5.88. The second kappa shape index (κ2) is 5.90. The third-order valence-corrected chi connectivity index (χ3v) is 8.56. The zero-order valence-corrected chi connectivity index (χ0v) is 16.1. The van der Waals surface area contributed by atoms with Crippen LogP contribution in [0.1, 0.15) is 52.4 Å². The lowest BCUT2D eigenvalue weighted by Crippen LogP contribution is -2.51. The van der Waals surface area contributed by atoms with Crippen LogP contribution in [0.3, 0.4) is 0 Å². The predicted octanol–water partition coefficient (Wildman–Crippen LogP) is 3.82. The SMILES string of the molecule is C=C1C(=C)[C@H]2[C@@H]3CC=C4CC(O)CC[C@]4(C)[C@H]3CC[C@]2(C)[C@H]1C(=O)CO. The standard InChI is InChI=1S/C23H32O3/c1-13-14(2)21(19(26)12-24)23(4)10-8-18-17(20(13)23)6-5-15-11-16(25)7-9-22(15,18)3/h5,16-18,20-21,24-25H,1-2,6-12H2,3-4H3/t16?,17-,18+,20+,21-,22+,23+/m1/s1. The van der Waals surface area contributed by atoms with E-state index in [4.69, 9.17) is 0 Å². The highest BCUT2D eigenvalue weighted by atomic mass is 16.3. The van der Waals surface area contributed by atoms with Crippen molar-refractivity contribution in [2.75, 3.05) is 6.61 Å². The molecule has 0 radical (unpaired) electrons. The second-order valence-corrected chi connectivity index (χ2v) is 9.68. The summed E-state index contributed by atoms with van der Waals surface area (Å²) in [5.74, 6) is 0.964.